The molecular formula is C22H24F3N7O4S. The van der Waals surface area contributed by atoms with E-state index in [-0.39, 0.29) is 36.5 Å². The topological polar surface area (TPSA) is 134 Å². The Morgan fingerprint density at radius 1 is 1.19 bits per heavy atom. The van der Waals surface area contributed by atoms with Crippen molar-refractivity contribution in [1.82, 2.24) is 24.0 Å². The molecule has 0 unspecified atom stereocenters. The number of aryl methyl sites for hydroxylation is 1. The SMILES string of the molecule is Cc1ccc(C(F)(F)F)cc1Nc1nc(C(=O)NS(=O)(=O)N2CCCN(c3ncccn3)[C@H](C)C2)co1. The molecule has 2 N–H and O–H groups in total. The van der Waals surface area contributed by atoms with Crippen LogP contribution in [0.3, 0.4) is 0 Å². The lowest BCUT2D eigenvalue weighted by Gasteiger charge is -2.28. The number of hydrogen-bond acceptors (Lipinski definition) is 9. The van der Waals surface area contributed by atoms with Gasteiger partial charge in [0.25, 0.3) is 11.9 Å². The molecule has 1 atom stereocenters. The number of nitrogens with zero attached hydrogens (tertiary/aromatic N) is 5. The van der Waals surface area contributed by atoms with E-state index >= 15 is 0 Å². The molecule has 0 aliphatic carbocycles. The first-order valence-corrected chi connectivity index (χ1v) is 12.6. The molecule has 1 aromatic carbocycles. The van der Waals surface area contributed by atoms with Crippen molar-refractivity contribution in [3.8, 4) is 0 Å². The van der Waals surface area contributed by atoms with Crippen LogP contribution in [0.4, 0.5) is 30.8 Å². The van der Waals surface area contributed by atoms with Crippen molar-refractivity contribution in [3.63, 3.8) is 0 Å². The summed E-state index contributed by atoms with van der Waals surface area (Å²) < 4.78 is 73.2. The van der Waals surface area contributed by atoms with Crippen LogP contribution in [-0.2, 0) is 16.4 Å². The number of aromatic nitrogens is 3. The van der Waals surface area contributed by atoms with Gasteiger partial charge in [0, 0.05) is 43.8 Å². The minimum Gasteiger partial charge on any atom is -0.431 e. The minimum atomic E-state index is -4.55. The highest BCUT2D eigenvalue weighted by atomic mass is 32.2. The van der Waals surface area contributed by atoms with Gasteiger partial charge in [-0.2, -0.15) is 30.9 Å². The molecule has 0 bridgehead atoms. The third kappa shape index (κ3) is 6.17. The highest BCUT2D eigenvalue weighted by molar-refractivity contribution is 7.87. The van der Waals surface area contributed by atoms with Crippen molar-refractivity contribution in [2.75, 3.05) is 29.9 Å². The van der Waals surface area contributed by atoms with Crippen molar-refractivity contribution < 1.29 is 30.8 Å². The molecule has 0 radical (unpaired) electrons. The maximum atomic E-state index is 13.0. The zero-order chi connectivity index (χ0) is 26.8. The van der Waals surface area contributed by atoms with Crippen LogP contribution in [0.15, 0.2) is 47.3 Å². The normalized spacial score (nSPS) is 17.3. The van der Waals surface area contributed by atoms with E-state index < -0.39 is 27.9 Å². The zero-order valence-corrected chi connectivity index (χ0v) is 20.7. The number of nitrogens with one attached hydrogen (secondary N) is 2. The maximum Gasteiger partial charge on any atom is 0.416 e. The highest BCUT2D eigenvalue weighted by Crippen LogP contribution is 2.33. The second-order valence-electron chi connectivity index (χ2n) is 8.43. The Bertz CT molecular complexity index is 1370. The van der Waals surface area contributed by atoms with Crippen LogP contribution < -0.4 is 14.9 Å². The van der Waals surface area contributed by atoms with Gasteiger partial charge in [-0.15, -0.1) is 0 Å². The van der Waals surface area contributed by atoms with Crippen LogP contribution in [0, 0.1) is 6.92 Å². The monoisotopic (exact) mass is 539 g/mol. The molecule has 0 saturated carbocycles. The molecule has 1 saturated heterocycles. The fourth-order valence-corrected chi connectivity index (χ4v) is 5.04. The summed E-state index contributed by atoms with van der Waals surface area (Å²) in [6.07, 6.45) is 0.0475. The number of carbonyl (C=O) groups is 1. The molecule has 15 heteroatoms. The van der Waals surface area contributed by atoms with Gasteiger partial charge in [-0.25, -0.2) is 14.7 Å². The van der Waals surface area contributed by atoms with E-state index in [0.717, 1.165) is 22.7 Å². The molecule has 2 aromatic heterocycles. The van der Waals surface area contributed by atoms with Crippen molar-refractivity contribution in [2.45, 2.75) is 32.5 Å². The second-order valence-corrected chi connectivity index (χ2v) is 10.1. The Hall–Kier alpha value is -3.72. The number of rotatable bonds is 6. The van der Waals surface area contributed by atoms with Gasteiger partial charge >= 0.3 is 16.4 Å². The second kappa shape index (κ2) is 10.3. The van der Waals surface area contributed by atoms with Crippen LogP contribution in [0.1, 0.15) is 35.0 Å². The number of carbonyl (C=O) groups excluding carboxylic acids is 1. The number of halogens is 3. The first-order valence-electron chi connectivity index (χ1n) is 11.2. The Kier molecular flexibility index (Phi) is 7.36. The standard InChI is InChI=1S/C22H24F3N7O4S/c1-14-5-6-16(22(23,24)25)11-17(14)28-21-29-18(13-36-21)19(33)30-37(34,35)31-9-4-10-32(15(2)12-31)20-26-7-3-8-27-20/h3,5-8,11,13,15H,4,9-10,12H2,1-2H3,(H,28,29)(H,30,33)/t15-/m1/s1. The molecule has 11 nitrogen and oxygen atoms in total. The molecule has 1 aliphatic rings. The summed E-state index contributed by atoms with van der Waals surface area (Å²) >= 11 is 0. The predicted molar refractivity (Wildman–Crippen MR) is 127 cm³/mol. The molecule has 3 aromatic rings. The lowest BCUT2D eigenvalue weighted by Crippen LogP contribution is -2.47. The number of benzene rings is 1. The quantitative estimate of drug-likeness (QED) is 0.485. The summed E-state index contributed by atoms with van der Waals surface area (Å²) in [4.78, 5) is 26.8. The summed E-state index contributed by atoms with van der Waals surface area (Å²) in [6, 6.07) is 4.25. The van der Waals surface area contributed by atoms with Gasteiger partial charge in [0.05, 0.1) is 5.56 Å². The van der Waals surface area contributed by atoms with E-state index in [0.29, 0.717) is 24.5 Å². The average Bonchev–Trinajstić information content (AvgIpc) is 3.21. The van der Waals surface area contributed by atoms with Crippen molar-refractivity contribution in [2.24, 2.45) is 0 Å². The lowest BCUT2D eigenvalue weighted by atomic mass is 10.1. The van der Waals surface area contributed by atoms with Gasteiger partial charge in [0.1, 0.15) is 6.26 Å². The molecule has 37 heavy (non-hydrogen) atoms. The molecule has 3 heterocycles. The van der Waals surface area contributed by atoms with E-state index in [1.807, 2.05) is 16.5 Å². The molecule has 1 aliphatic heterocycles. The van der Waals surface area contributed by atoms with Gasteiger partial charge in [0.15, 0.2) is 5.69 Å². The van der Waals surface area contributed by atoms with Crippen LogP contribution in [0.5, 0.6) is 0 Å². The van der Waals surface area contributed by atoms with Gasteiger partial charge < -0.3 is 14.6 Å². The largest absolute Gasteiger partial charge is 0.431 e. The third-order valence-electron chi connectivity index (χ3n) is 5.72. The van der Waals surface area contributed by atoms with Crippen molar-refractivity contribution >= 4 is 33.8 Å². The van der Waals surface area contributed by atoms with Gasteiger partial charge in [0.2, 0.25) is 5.95 Å². The number of alkyl halides is 3. The Morgan fingerprint density at radius 2 is 1.92 bits per heavy atom. The predicted octanol–water partition coefficient (Wildman–Crippen LogP) is 3.11. The molecule has 198 valence electrons. The van der Waals surface area contributed by atoms with Crippen LogP contribution in [-0.4, -0.2) is 59.3 Å². The van der Waals surface area contributed by atoms with Gasteiger partial charge in [-0.3, -0.25) is 4.79 Å². The average molecular weight is 540 g/mol. The summed E-state index contributed by atoms with van der Waals surface area (Å²) in [5, 5.41) is 2.59. The van der Waals surface area contributed by atoms with Gasteiger partial charge in [-0.1, -0.05) is 6.07 Å². The molecule has 1 amide bonds. The number of anilines is 3. The first-order chi connectivity index (χ1) is 17.4. The molecular weight excluding hydrogens is 515 g/mol. The van der Waals surface area contributed by atoms with E-state index in [4.69, 9.17) is 4.42 Å². The first kappa shape index (κ1) is 26.3. The van der Waals surface area contributed by atoms with Gasteiger partial charge in [-0.05, 0) is 44.0 Å². The van der Waals surface area contributed by atoms with E-state index in [2.05, 4.69) is 20.3 Å². The van der Waals surface area contributed by atoms with E-state index in [1.165, 1.54) is 6.07 Å². The molecule has 4 rings (SSSR count). The van der Waals surface area contributed by atoms with Crippen LogP contribution >= 0.6 is 0 Å². The number of oxazole rings is 1. The molecule has 1 fully saturated rings. The Balaban J connectivity index is 1.43. The summed E-state index contributed by atoms with van der Waals surface area (Å²) in [5.74, 6) is -0.561. The van der Waals surface area contributed by atoms with Crippen LogP contribution in [0.25, 0.3) is 0 Å². The Morgan fingerprint density at radius 3 is 2.62 bits per heavy atom. The smallest absolute Gasteiger partial charge is 0.416 e. The fourth-order valence-electron chi connectivity index (χ4n) is 3.79. The Labute approximate surface area is 210 Å². The van der Waals surface area contributed by atoms with Crippen LogP contribution in [0.2, 0.25) is 0 Å². The van der Waals surface area contributed by atoms with E-state index in [9.17, 15) is 26.4 Å². The number of hydrogen-bond donors (Lipinski definition) is 2. The zero-order valence-electron chi connectivity index (χ0n) is 19.9. The van der Waals surface area contributed by atoms with E-state index in [1.54, 1.807) is 25.4 Å². The highest BCUT2D eigenvalue weighted by Gasteiger charge is 2.33. The van der Waals surface area contributed by atoms with Crippen molar-refractivity contribution in [3.05, 3.63) is 59.7 Å². The summed E-state index contributed by atoms with van der Waals surface area (Å²) in [7, 11) is -4.23. The minimum absolute atomic E-state index is 0.0711. The number of amides is 1. The summed E-state index contributed by atoms with van der Waals surface area (Å²) in [5.41, 5.74) is -0.690. The molecule has 0 spiro atoms. The lowest BCUT2D eigenvalue weighted by molar-refractivity contribution is -0.137. The maximum absolute atomic E-state index is 13.0. The summed E-state index contributed by atoms with van der Waals surface area (Å²) in [6.45, 7) is 4.19. The van der Waals surface area contributed by atoms with Crippen molar-refractivity contribution in [1.29, 1.82) is 0 Å². The third-order valence-corrected chi connectivity index (χ3v) is 7.18. The fraction of sp³-hybridized carbons (Fsp3) is 0.364.